The van der Waals surface area contributed by atoms with E-state index >= 15 is 0 Å². The van der Waals surface area contributed by atoms with E-state index in [0.717, 1.165) is 13.0 Å². The molecule has 18 heavy (non-hydrogen) atoms. The van der Waals surface area contributed by atoms with Gasteiger partial charge in [0.1, 0.15) is 0 Å². The van der Waals surface area contributed by atoms with Crippen molar-refractivity contribution in [2.45, 2.75) is 52.2 Å². The Kier molecular flexibility index (Phi) is 6.37. The first-order valence-electron chi connectivity index (χ1n) is 6.97. The van der Waals surface area contributed by atoms with Crippen LogP contribution in [0.15, 0.2) is 30.3 Å². The monoisotopic (exact) mass is 249 g/mol. The highest BCUT2D eigenvalue weighted by Crippen LogP contribution is 2.21. The maximum atomic E-state index is 9.63. The molecule has 2 heteroatoms. The van der Waals surface area contributed by atoms with E-state index in [0.29, 0.717) is 17.9 Å². The molecule has 0 saturated heterocycles. The van der Waals surface area contributed by atoms with Crippen molar-refractivity contribution in [3.8, 4) is 0 Å². The van der Waals surface area contributed by atoms with Crippen LogP contribution in [0.1, 0.15) is 45.6 Å². The van der Waals surface area contributed by atoms with Crippen molar-refractivity contribution in [3.63, 3.8) is 0 Å². The maximum Gasteiger partial charge on any atom is 0.0518 e. The molecule has 3 unspecified atom stereocenters. The van der Waals surface area contributed by atoms with Crippen LogP contribution >= 0.6 is 0 Å². The number of benzene rings is 1. The highest BCUT2D eigenvalue weighted by Gasteiger charge is 2.15. The summed E-state index contributed by atoms with van der Waals surface area (Å²) in [5.74, 6) is 1.01. The summed E-state index contributed by atoms with van der Waals surface area (Å²) in [5.41, 5.74) is 1.31. The lowest BCUT2D eigenvalue weighted by atomic mass is 9.92. The number of nitrogens with one attached hydrogen (secondary N) is 1. The van der Waals surface area contributed by atoms with E-state index in [2.05, 4.69) is 50.4 Å². The van der Waals surface area contributed by atoms with Gasteiger partial charge in [0.25, 0.3) is 0 Å². The molecular formula is C16H27NO. The van der Waals surface area contributed by atoms with E-state index in [1.54, 1.807) is 0 Å². The minimum atomic E-state index is -0.258. The molecule has 0 amide bonds. The second kappa shape index (κ2) is 7.55. The minimum absolute atomic E-state index is 0.258. The van der Waals surface area contributed by atoms with Crippen LogP contribution in [0.3, 0.4) is 0 Å². The summed E-state index contributed by atoms with van der Waals surface area (Å²) in [7, 11) is 0. The molecule has 0 fully saturated rings. The molecule has 0 radical (unpaired) electrons. The van der Waals surface area contributed by atoms with Gasteiger partial charge in [-0.1, -0.05) is 44.2 Å². The molecule has 0 bridgehead atoms. The SMILES string of the molecule is CC(O)CC(CNC(C)C(C)C)c1ccccc1. The Morgan fingerprint density at radius 2 is 1.67 bits per heavy atom. The standard InChI is InChI=1S/C16H27NO/c1-12(2)14(4)17-11-16(10-13(3)18)15-8-6-5-7-9-15/h5-9,12-14,16-18H,10-11H2,1-4H3. The Labute approximate surface area is 111 Å². The third kappa shape index (κ3) is 5.19. The predicted molar refractivity (Wildman–Crippen MR) is 77.8 cm³/mol. The van der Waals surface area contributed by atoms with Crippen molar-refractivity contribution in [3.05, 3.63) is 35.9 Å². The molecule has 2 N–H and O–H groups in total. The second-order valence-electron chi connectivity index (χ2n) is 5.63. The largest absolute Gasteiger partial charge is 0.393 e. The third-order valence-electron chi connectivity index (χ3n) is 3.58. The summed E-state index contributed by atoms with van der Waals surface area (Å²) in [6.45, 7) is 9.46. The number of hydrogen-bond acceptors (Lipinski definition) is 2. The van der Waals surface area contributed by atoms with E-state index in [1.165, 1.54) is 5.56 Å². The fourth-order valence-electron chi connectivity index (χ4n) is 2.04. The zero-order valence-corrected chi connectivity index (χ0v) is 12.1. The van der Waals surface area contributed by atoms with Gasteiger partial charge in [0, 0.05) is 12.6 Å². The first-order chi connectivity index (χ1) is 8.50. The molecular weight excluding hydrogens is 222 g/mol. The molecule has 1 rings (SSSR count). The molecule has 2 nitrogen and oxygen atoms in total. The molecule has 0 heterocycles. The van der Waals surface area contributed by atoms with Crippen LogP contribution in [-0.4, -0.2) is 23.8 Å². The smallest absolute Gasteiger partial charge is 0.0518 e. The van der Waals surface area contributed by atoms with Gasteiger partial charge in [0.2, 0.25) is 0 Å². The Hall–Kier alpha value is -0.860. The van der Waals surface area contributed by atoms with E-state index in [4.69, 9.17) is 0 Å². The number of aliphatic hydroxyl groups excluding tert-OH is 1. The Bertz CT molecular complexity index is 321. The van der Waals surface area contributed by atoms with Crippen LogP contribution in [0.5, 0.6) is 0 Å². The zero-order valence-electron chi connectivity index (χ0n) is 12.1. The highest BCUT2D eigenvalue weighted by atomic mass is 16.3. The van der Waals surface area contributed by atoms with Crippen molar-refractivity contribution in [2.75, 3.05) is 6.54 Å². The van der Waals surface area contributed by atoms with Gasteiger partial charge >= 0.3 is 0 Å². The molecule has 0 aliphatic rings. The van der Waals surface area contributed by atoms with Crippen molar-refractivity contribution >= 4 is 0 Å². The van der Waals surface area contributed by atoms with Gasteiger partial charge in [0.15, 0.2) is 0 Å². The summed E-state index contributed by atoms with van der Waals surface area (Å²) in [4.78, 5) is 0. The number of aliphatic hydroxyl groups is 1. The van der Waals surface area contributed by atoms with Gasteiger partial charge in [-0.2, -0.15) is 0 Å². The fraction of sp³-hybridized carbons (Fsp3) is 0.625. The van der Waals surface area contributed by atoms with Crippen molar-refractivity contribution in [1.29, 1.82) is 0 Å². The van der Waals surface area contributed by atoms with Crippen LogP contribution in [0.2, 0.25) is 0 Å². The van der Waals surface area contributed by atoms with Crippen molar-refractivity contribution in [2.24, 2.45) is 5.92 Å². The summed E-state index contributed by atoms with van der Waals surface area (Å²) in [5, 5.41) is 13.2. The van der Waals surface area contributed by atoms with Crippen LogP contribution in [0, 0.1) is 5.92 Å². The average Bonchev–Trinajstić information content (AvgIpc) is 2.34. The van der Waals surface area contributed by atoms with Crippen LogP contribution < -0.4 is 5.32 Å². The van der Waals surface area contributed by atoms with Crippen LogP contribution in [0.25, 0.3) is 0 Å². The fourth-order valence-corrected chi connectivity index (χ4v) is 2.04. The average molecular weight is 249 g/mol. The van der Waals surface area contributed by atoms with E-state index in [1.807, 2.05) is 13.0 Å². The van der Waals surface area contributed by atoms with Crippen molar-refractivity contribution < 1.29 is 5.11 Å². The number of hydrogen-bond donors (Lipinski definition) is 2. The molecule has 1 aromatic carbocycles. The Morgan fingerprint density at radius 1 is 1.06 bits per heavy atom. The van der Waals surface area contributed by atoms with Gasteiger partial charge < -0.3 is 10.4 Å². The molecule has 0 aliphatic carbocycles. The maximum absolute atomic E-state index is 9.63. The van der Waals surface area contributed by atoms with Gasteiger partial charge in [-0.05, 0) is 37.7 Å². The quantitative estimate of drug-likeness (QED) is 0.778. The van der Waals surface area contributed by atoms with Gasteiger partial charge in [-0.3, -0.25) is 0 Å². The molecule has 102 valence electrons. The second-order valence-corrected chi connectivity index (χ2v) is 5.63. The molecule has 0 saturated carbocycles. The lowest BCUT2D eigenvalue weighted by Crippen LogP contribution is -2.34. The van der Waals surface area contributed by atoms with E-state index < -0.39 is 0 Å². The lowest BCUT2D eigenvalue weighted by molar-refractivity contribution is 0.172. The molecule has 0 spiro atoms. The van der Waals surface area contributed by atoms with Crippen LogP contribution in [-0.2, 0) is 0 Å². The third-order valence-corrected chi connectivity index (χ3v) is 3.58. The first-order valence-corrected chi connectivity index (χ1v) is 6.97. The molecule has 0 aromatic heterocycles. The molecule has 1 aromatic rings. The molecule has 3 atom stereocenters. The zero-order chi connectivity index (χ0) is 13.5. The topological polar surface area (TPSA) is 32.3 Å². The normalized spacial score (nSPS) is 16.6. The van der Waals surface area contributed by atoms with Gasteiger partial charge in [0.05, 0.1) is 6.10 Å². The van der Waals surface area contributed by atoms with Gasteiger partial charge in [-0.25, -0.2) is 0 Å². The molecule has 0 aliphatic heterocycles. The summed E-state index contributed by atoms with van der Waals surface area (Å²) in [6.07, 6.45) is 0.549. The lowest BCUT2D eigenvalue weighted by Gasteiger charge is -2.24. The summed E-state index contributed by atoms with van der Waals surface area (Å²) >= 11 is 0. The first kappa shape index (κ1) is 15.2. The summed E-state index contributed by atoms with van der Waals surface area (Å²) < 4.78 is 0. The highest BCUT2D eigenvalue weighted by molar-refractivity contribution is 5.20. The number of rotatable bonds is 7. The Morgan fingerprint density at radius 3 is 2.17 bits per heavy atom. The van der Waals surface area contributed by atoms with Gasteiger partial charge in [-0.15, -0.1) is 0 Å². The van der Waals surface area contributed by atoms with Crippen molar-refractivity contribution in [1.82, 2.24) is 5.32 Å². The van der Waals surface area contributed by atoms with Crippen LogP contribution in [0.4, 0.5) is 0 Å². The minimum Gasteiger partial charge on any atom is -0.393 e. The van der Waals surface area contributed by atoms with E-state index in [9.17, 15) is 5.11 Å². The predicted octanol–water partition coefficient (Wildman–Crippen LogP) is 3.18. The Balaban J connectivity index is 2.62. The summed E-state index contributed by atoms with van der Waals surface area (Å²) in [6, 6.07) is 11.0. The van der Waals surface area contributed by atoms with E-state index in [-0.39, 0.29) is 6.10 Å².